The number of nitrogens with one attached hydrogen (secondary N) is 1. The molecule has 2 rings (SSSR count). The second-order valence-electron chi connectivity index (χ2n) is 5.24. The van der Waals surface area contributed by atoms with Gasteiger partial charge in [-0.1, -0.05) is 0 Å². The molecule has 2 N–H and O–H groups in total. The van der Waals surface area contributed by atoms with Crippen LogP contribution in [0.15, 0.2) is 29.0 Å². The first kappa shape index (κ1) is 15.2. The first-order valence-corrected chi connectivity index (χ1v) is 7.23. The van der Waals surface area contributed by atoms with Gasteiger partial charge in [0.05, 0.1) is 12.5 Å². The summed E-state index contributed by atoms with van der Waals surface area (Å²) in [7, 11) is 0. The van der Waals surface area contributed by atoms with Crippen LogP contribution in [0.5, 0.6) is 0 Å². The van der Waals surface area contributed by atoms with Gasteiger partial charge in [-0.05, 0) is 32.4 Å². The van der Waals surface area contributed by atoms with Gasteiger partial charge in [0.1, 0.15) is 4.88 Å². The van der Waals surface area contributed by atoms with Gasteiger partial charge in [-0.3, -0.25) is 9.59 Å². The van der Waals surface area contributed by atoms with Gasteiger partial charge >= 0.3 is 5.97 Å². The summed E-state index contributed by atoms with van der Waals surface area (Å²) in [5.41, 5.74) is -0.593. The van der Waals surface area contributed by atoms with Crippen LogP contribution >= 0.6 is 11.3 Å². The fraction of sp³-hybridized carbons (Fsp3) is 0.357. The smallest absolute Gasteiger partial charge is 0.303 e. The van der Waals surface area contributed by atoms with Crippen LogP contribution in [0.4, 0.5) is 0 Å². The number of carboxylic acid groups (broad SMARTS) is 1. The van der Waals surface area contributed by atoms with Crippen LogP contribution < -0.4 is 5.32 Å². The zero-order valence-corrected chi connectivity index (χ0v) is 12.6. The summed E-state index contributed by atoms with van der Waals surface area (Å²) >= 11 is 1.23. The van der Waals surface area contributed by atoms with Crippen molar-refractivity contribution < 1.29 is 19.1 Å². The van der Waals surface area contributed by atoms with E-state index in [1.165, 1.54) is 17.5 Å². The fourth-order valence-corrected chi connectivity index (χ4v) is 2.52. The number of hydrogen-bond acceptors (Lipinski definition) is 5. The second-order valence-corrected chi connectivity index (χ2v) is 6.27. The highest BCUT2D eigenvalue weighted by molar-refractivity contribution is 7.16. The molecule has 112 valence electrons. The number of carbonyl (C=O) groups is 2. The third kappa shape index (κ3) is 4.16. The predicted molar refractivity (Wildman–Crippen MR) is 78.2 cm³/mol. The summed E-state index contributed by atoms with van der Waals surface area (Å²) in [5, 5.41) is 12.2. The molecule has 0 aliphatic heterocycles. The molecule has 0 aromatic carbocycles. The summed E-state index contributed by atoms with van der Waals surface area (Å²) in [4.78, 5) is 27.4. The van der Waals surface area contributed by atoms with Gasteiger partial charge in [0, 0.05) is 12.0 Å². The van der Waals surface area contributed by atoms with Crippen molar-refractivity contribution in [1.82, 2.24) is 10.3 Å². The van der Waals surface area contributed by atoms with Gasteiger partial charge in [-0.2, -0.15) is 0 Å². The lowest BCUT2D eigenvalue weighted by atomic mass is 9.98. The zero-order valence-electron chi connectivity index (χ0n) is 11.8. The van der Waals surface area contributed by atoms with Crippen LogP contribution in [0.3, 0.4) is 0 Å². The normalized spacial score (nSPS) is 11.3. The molecule has 2 aromatic rings. The predicted octanol–water partition coefficient (Wildman–Crippen LogP) is 2.78. The number of carbonyl (C=O) groups excluding carboxylic acids is 1. The molecule has 21 heavy (non-hydrogen) atoms. The average molecular weight is 308 g/mol. The third-order valence-electron chi connectivity index (χ3n) is 2.88. The van der Waals surface area contributed by atoms with Crippen LogP contribution in [0.2, 0.25) is 0 Å². The number of thiazole rings is 1. The van der Waals surface area contributed by atoms with Gasteiger partial charge in [0.2, 0.25) is 0 Å². The van der Waals surface area contributed by atoms with Gasteiger partial charge in [-0.15, -0.1) is 11.3 Å². The molecule has 0 atom stereocenters. The quantitative estimate of drug-likeness (QED) is 0.856. The number of rotatable bonds is 6. The Hall–Kier alpha value is -2.15. The van der Waals surface area contributed by atoms with Gasteiger partial charge in [0.15, 0.2) is 10.8 Å². The van der Waals surface area contributed by atoms with Gasteiger partial charge in [-0.25, -0.2) is 4.98 Å². The Morgan fingerprint density at radius 3 is 2.86 bits per heavy atom. The Balaban J connectivity index is 2.02. The molecule has 0 radical (unpaired) electrons. The number of hydrogen-bond donors (Lipinski definition) is 2. The molecule has 0 saturated heterocycles. The van der Waals surface area contributed by atoms with Crippen molar-refractivity contribution in [3.05, 3.63) is 29.5 Å². The maximum absolute atomic E-state index is 12.2. The van der Waals surface area contributed by atoms with Crippen molar-refractivity contribution >= 4 is 23.2 Å². The van der Waals surface area contributed by atoms with E-state index >= 15 is 0 Å². The summed E-state index contributed by atoms with van der Waals surface area (Å²) in [6.07, 6.45) is 3.40. The van der Waals surface area contributed by atoms with E-state index in [1.54, 1.807) is 32.2 Å². The monoisotopic (exact) mass is 308 g/mol. The third-order valence-corrected chi connectivity index (χ3v) is 3.89. The van der Waals surface area contributed by atoms with Crippen molar-refractivity contribution in [2.75, 3.05) is 0 Å². The number of aromatic nitrogens is 1. The standard InChI is InChI=1S/C14H16N2O4S/c1-14(2,6-5-11(17)18)16-12(19)10-8-15-13(21-10)9-4-3-7-20-9/h3-4,7-8H,5-6H2,1-2H3,(H,16,19)(H,17,18). The molecule has 6 nitrogen and oxygen atoms in total. The molecule has 0 spiro atoms. The van der Waals surface area contributed by atoms with Gasteiger partial charge < -0.3 is 14.8 Å². The van der Waals surface area contributed by atoms with E-state index < -0.39 is 11.5 Å². The molecule has 0 unspecified atom stereocenters. The molecule has 1 amide bonds. The highest BCUT2D eigenvalue weighted by atomic mass is 32.1. The summed E-state index contributed by atoms with van der Waals surface area (Å²) < 4.78 is 5.23. The van der Waals surface area contributed by atoms with E-state index in [4.69, 9.17) is 9.52 Å². The zero-order chi connectivity index (χ0) is 15.5. The number of carboxylic acids is 1. The molecule has 7 heteroatoms. The largest absolute Gasteiger partial charge is 0.481 e. The Kier molecular flexibility index (Phi) is 4.42. The molecule has 0 saturated carbocycles. The van der Waals surface area contributed by atoms with Crippen molar-refractivity contribution in [1.29, 1.82) is 0 Å². The van der Waals surface area contributed by atoms with Crippen LogP contribution in [0.25, 0.3) is 10.8 Å². The van der Waals surface area contributed by atoms with E-state index in [2.05, 4.69) is 10.3 Å². The lowest BCUT2D eigenvalue weighted by molar-refractivity contribution is -0.137. The molecule has 0 aliphatic carbocycles. The fourth-order valence-electron chi connectivity index (χ4n) is 1.74. The highest BCUT2D eigenvalue weighted by Gasteiger charge is 2.23. The topological polar surface area (TPSA) is 92.4 Å². The molecular formula is C14H16N2O4S. The molecular weight excluding hydrogens is 292 g/mol. The van der Waals surface area contributed by atoms with Crippen LogP contribution in [-0.2, 0) is 4.79 Å². The number of amides is 1. The molecule has 2 heterocycles. The van der Waals surface area contributed by atoms with Crippen LogP contribution in [0, 0.1) is 0 Å². The van der Waals surface area contributed by atoms with E-state index in [-0.39, 0.29) is 12.3 Å². The first-order chi connectivity index (χ1) is 9.87. The summed E-state index contributed by atoms with van der Waals surface area (Å²) in [6.45, 7) is 3.59. The molecule has 0 fully saturated rings. The van der Waals surface area contributed by atoms with E-state index in [9.17, 15) is 9.59 Å². The van der Waals surface area contributed by atoms with Crippen molar-refractivity contribution in [2.45, 2.75) is 32.2 Å². The Morgan fingerprint density at radius 1 is 1.48 bits per heavy atom. The summed E-state index contributed by atoms with van der Waals surface area (Å²) in [6, 6.07) is 3.53. The lowest BCUT2D eigenvalue weighted by Gasteiger charge is -2.25. The van der Waals surface area contributed by atoms with E-state index in [0.717, 1.165) is 0 Å². The highest BCUT2D eigenvalue weighted by Crippen LogP contribution is 2.25. The number of furan rings is 1. The molecule has 0 bridgehead atoms. The molecule has 0 aliphatic rings. The number of nitrogens with zero attached hydrogens (tertiary/aromatic N) is 1. The van der Waals surface area contributed by atoms with Crippen molar-refractivity contribution in [3.63, 3.8) is 0 Å². The summed E-state index contributed by atoms with van der Waals surface area (Å²) in [5.74, 6) is -0.528. The van der Waals surface area contributed by atoms with Crippen LogP contribution in [0.1, 0.15) is 36.4 Å². The average Bonchev–Trinajstić information content (AvgIpc) is 3.06. The van der Waals surface area contributed by atoms with Crippen molar-refractivity contribution in [2.24, 2.45) is 0 Å². The minimum absolute atomic E-state index is 0.00756. The van der Waals surface area contributed by atoms with Crippen LogP contribution in [-0.4, -0.2) is 27.5 Å². The second kappa shape index (κ2) is 6.09. The van der Waals surface area contributed by atoms with Crippen molar-refractivity contribution in [3.8, 4) is 10.8 Å². The first-order valence-electron chi connectivity index (χ1n) is 6.41. The lowest BCUT2D eigenvalue weighted by Crippen LogP contribution is -2.43. The van der Waals surface area contributed by atoms with E-state index in [1.807, 2.05) is 0 Å². The molecule has 2 aromatic heterocycles. The number of aliphatic carboxylic acids is 1. The minimum Gasteiger partial charge on any atom is -0.481 e. The minimum atomic E-state index is -0.879. The maximum atomic E-state index is 12.2. The SMILES string of the molecule is CC(C)(CCC(=O)O)NC(=O)c1cnc(-c2ccco2)s1. The Bertz CT molecular complexity index is 631. The van der Waals surface area contributed by atoms with E-state index in [0.29, 0.717) is 22.1 Å². The Morgan fingerprint density at radius 2 is 2.24 bits per heavy atom. The maximum Gasteiger partial charge on any atom is 0.303 e. The van der Waals surface area contributed by atoms with Gasteiger partial charge in [0.25, 0.3) is 5.91 Å². The Labute approximate surface area is 125 Å².